The van der Waals surface area contributed by atoms with Crippen LogP contribution >= 0.6 is 0 Å². The Morgan fingerprint density at radius 3 is 2.43 bits per heavy atom. The second-order valence-electron chi connectivity index (χ2n) is 7.21. The molecule has 8 nitrogen and oxygen atoms in total. The average molecular weight is 394 g/mol. The SMILES string of the molecule is CCNC(=NCC(c1ccc(C)o1)N1CCOCC1)NCCN1CCOCC1. The van der Waals surface area contributed by atoms with Gasteiger partial charge in [-0.2, -0.15) is 0 Å². The van der Waals surface area contributed by atoms with Gasteiger partial charge in [-0.25, -0.2) is 0 Å². The zero-order valence-corrected chi connectivity index (χ0v) is 17.3. The Labute approximate surface area is 168 Å². The van der Waals surface area contributed by atoms with Crippen molar-refractivity contribution < 1.29 is 13.9 Å². The number of rotatable bonds is 8. The van der Waals surface area contributed by atoms with Gasteiger partial charge in [-0.1, -0.05) is 0 Å². The standard InChI is InChI=1S/C20H35N5O3/c1-3-21-20(22-6-7-24-8-12-26-13-9-24)23-16-18(19-5-4-17(2)28-19)25-10-14-27-15-11-25/h4-5,18H,3,6-16H2,1-2H3,(H2,21,22,23). The van der Waals surface area contributed by atoms with E-state index >= 15 is 0 Å². The number of hydrogen-bond donors (Lipinski definition) is 2. The zero-order chi connectivity index (χ0) is 19.6. The monoisotopic (exact) mass is 393 g/mol. The number of nitrogens with one attached hydrogen (secondary N) is 2. The minimum absolute atomic E-state index is 0.132. The van der Waals surface area contributed by atoms with E-state index in [1.807, 2.05) is 13.0 Å². The van der Waals surface area contributed by atoms with Crippen LogP contribution in [0.1, 0.15) is 24.5 Å². The molecule has 28 heavy (non-hydrogen) atoms. The number of furan rings is 1. The van der Waals surface area contributed by atoms with Crippen LogP contribution < -0.4 is 10.6 Å². The van der Waals surface area contributed by atoms with E-state index in [1.54, 1.807) is 0 Å². The number of nitrogens with zero attached hydrogens (tertiary/aromatic N) is 3. The molecule has 0 bridgehead atoms. The van der Waals surface area contributed by atoms with Crippen molar-refractivity contribution in [2.75, 3.05) is 78.8 Å². The van der Waals surface area contributed by atoms with Crippen molar-refractivity contribution >= 4 is 5.96 Å². The molecule has 2 aliphatic rings. The summed E-state index contributed by atoms with van der Waals surface area (Å²) in [6.07, 6.45) is 0. The van der Waals surface area contributed by atoms with Gasteiger partial charge in [-0.15, -0.1) is 0 Å². The maximum Gasteiger partial charge on any atom is 0.191 e. The van der Waals surface area contributed by atoms with Crippen LogP contribution in [0.15, 0.2) is 21.5 Å². The third-order valence-corrected chi connectivity index (χ3v) is 5.17. The van der Waals surface area contributed by atoms with Crippen molar-refractivity contribution in [3.05, 3.63) is 23.7 Å². The molecule has 0 aliphatic carbocycles. The molecular weight excluding hydrogens is 358 g/mol. The molecule has 1 aromatic heterocycles. The van der Waals surface area contributed by atoms with E-state index in [0.29, 0.717) is 6.54 Å². The zero-order valence-electron chi connectivity index (χ0n) is 17.3. The molecule has 0 aromatic carbocycles. The summed E-state index contributed by atoms with van der Waals surface area (Å²) in [7, 11) is 0. The Balaban J connectivity index is 1.58. The lowest BCUT2D eigenvalue weighted by Crippen LogP contribution is -2.45. The molecule has 1 atom stereocenters. The molecule has 158 valence electrons. The second-order valence-corrected chi connectivity index (χ2v) is 7.21. The normalized spacial score (nSPS) is 20.9. The topological polar surface area (TPSA) is 74.5 Å². The molecule has 1 aromatic rings. The lowest BCUT2D eigenvalue weighted by Gasteiger charge is -2.32. The summed E-state index contributed by atoms with van der Waals surface area (Å²) in [4.78, 5) is 9.69. The van der Waals surface area contributed by atoms with Crippen molar-refractivity contribution in [1.29, 1.82) is 0 Å². The molecule has 1 unspecified atom stereocenters. The Morgan fingerprint density at radius 1 is 1.07 bits per heavy atom. The number of aliphatic imine (C=N–C) groups is 1. The van der Waals surface area contributed by atoms with Crippen LogP contribution in [0.3, 0.4) is 0 Å². The second kappa shape index (κ2) is 11.4. The van der Waals surface area contributed by atoms with E-state index in [-0.39, 0.29) is 6.04 Å². The summed E-state index contributed by atoms with van der Waals surface area (Å²) in [5, 5.41) is 6.82. The number of guanidine groups is 1. The number of morpholine rings is 2. The van der Waals surface area contributed by atoms with Gasteiger partial charge in [-0.05, 0) is 26.0 Å². The van der Waals surface area contributed by atoms with Crippen LogP contribution in [0.25, 0.3) is 0 Å². The highest BCUT2D eigenvalue weighted by Crippen LogP contribution is 2.24. The summed E-state index contributed by atoms with van der Waals surface area (Å²) in [5.41, 5.74) is 0. The van der Waals surface area contributed by atoms with Gasteiger partial charge in [0.25, 0.3) is 0 Å². The van der Waals surface area contributed by atoms with Crippen molar-refractivity contribution in [3.63, 3.8) is 0 Å². The Kier molecular flexibility index (Phi) is 8.60. The summed E-state index contributed by atoms with van der Waals surface area (Å²) >= 11 is 0. The minimum atomic E-state index is 0.132. The van der Waals surface area contributed by atoms with Crippen LogP contribution in [0, 0.1) is 6.92 Å². The first-order chi connectivity index (χ1) is 13.8. The lowest BCUT2D eigenvalue weighted by atomic mass is 10.1. The predicted molar refractivity (Wildman–Crippen MR) is 110 cm³/mol. The smallest absolute Gasteiger partial charge is 0.191 e. The quantitative estimate of drug-likeness (QED) is 0.501. The third-order valence-electron chi connectivity index (χ3n) is 5.17. The molecule has 3 rings (SSSR count). The molecule has 0 radical (unpaired) electrons. The molecule has 2 aliphatic heterocycles. The largest absolute Gasteiger partial charge is 0.465 e. The minimum Gasteiger partial charge on any atom is -0.465 e. The highest BCUT2D eigenvalue weighted by atomic mass is 16.5. The fraction of sp³-hybridized carbons (Fsp3) is 0.750. The fourth-order valence-corrected chi connectivity index (χ4v) is 3.58. The molecule has 2 N–H and O–H groups in total. The number of ether oxygens (including phenoxy) is 2. The lowest BCUT2D eigenvalue weighted by molar-refractivity contribution is 0.0135. The van der Waals surface area contributed by atoms with Gasteiger partial charge >= 0.3 is 0 Å². The molecule has 0 amide bonds. The molecule has 2 fully saturated rings. The molecule has 3 heterocycles. The average Bonchev–Trinajstić information content (AvgIpc) is 3.16. The van der Waals surface area contributed by atoms with E-state index in [1.165, 1.54) is 0 Å². The van der Waals surface area contributed by atoms with Crippen LogP contribution in [-0.2, 0) is 9.47 Å². The summed E-state index contributed by atoms with van der Waals surface area (Å²) in [6, 6.07) is 4.23. The van der Waals surface area contributed by atoms with E-state index < -0.39 is 0 Å². The molecule has 0 spiro atoms. The number of aryl methyl sites for hydroxylation is 1. The van der Waals surface area contributed by atoms with Gasteiger partial charge in [0.1, 0.15) is 11.5 Å². The van der Waals surface area contributed by atoms with Gasteiger partial charge in [-0.3, -0.25) is 14.8 Å². The Morgan fingerprint density at radius 2 is 1.79 bits per heavy atom. The molecule has 0 saturated carbocycles. The molecule has 2 saturated heterocycles. The highest BCUT2D eigenvalue weighted by Gasteiger charge is 2.25. The van der Waals surface area contributed by atoms with Gasteiger partial charge in [0.2, 0.25) is 0 Å². The van der Waals surface area contributed by atoms with Gasteiger partial charge in [0.05, 0.1) is 39.0 Å². The van der Waals surface area contributed by atoms with Crippen molar-refractivity contribution in [2.45, 2.75) is 19.9 Å². The van der Waals surface area contributed by atoms with Crippen LogP contribution in [0.4, 0.5) is 0 Å². The van der Waals surface area contributed by atoms with Crippen LogP contribution in [0.5, 0.6) is 0 Å². The first-order valence-corrected chi connectivity index (χ1v) is 10.5. The van der Waals surface area contributed by atoms with Gasteiger partial charge in [0, 0.05) is 45.8 Å². The van der Waals surface area contributed by atoms with Crippen molar-refractivity contribution in [2.24, 2.45) is 4.99 Å². The van der Waals surface area contributed by atoms with Gasteiger partial charge < -0.3 is 24.5 Å². The maximum atomic E-state index is 5.94. The van der Waals surface area contributed by atoms with E-state index in [2.05, 4.69) is 33.4 Å². The van der Waals surface area contributed by atoms with E-state index in [4.69, 9.17) is 18.9 Å². The fourth-order valence-electron chi connectivity index (χ4n) is 3.58. The summed E-state index contributed by atoms with van der Waals surface area (Å²) < 4.78 is 16.9. The Hall–Kier alpha value is -1.61. The predicted octanol–water partition coefficient (Wildman–Crippen LogP) is 0.849. The first kappa shape index (κ1) is 21.1. The van der Waals surface area contributed by atoms with E-state index in [9.17, 15) is 0 Å². The Bertz CT molecular complexity index is 594. The van der Waals surface area contributed by atoms with Gasteiger partial charge in [0.15, 0.2) is 5.96 Å². The molecular formula is C20H35N5O3. The van der Waals surface area contributed by atoms with Crippen molar-refractivity contribution in [3.8, 4) is 0 Å². The van der Waals surface area contributed by atoms with Crippen LogP contribution in [-0.4, -0.2) is 94.5 Å². The van der Waals surface area contributed by atoms with Crippen molar-refractivity contribution in [1.82, 2.24) is 20.4 Å². The van der Waals surface area contributed by atoms with Crippen LogP contribution in [0.2, 0.25) is 0 Å². The maximum absolute atomic E-state index is 5.94. The summed E-state index contributed by atoms with van der Waals surface area (Å²) in [5.74, 6) is 2.78. The van der Waals surface area contributed by atoms with E-state index in [0.717, 1.165) is 89.7 Å². The first-order valence-electron chi connectivity index (χ1n) is 10.5. The number of hydrogen-bond acceptors (Lipinski definition) is 6. The summed E-state index contributed by atoms with van der Waals surface area (Å²) in [6.45, 7) is 14.4. The highest BCUT2D eigenvalue weighted by molar-refractivity contribution is 5.79. The third kappa shape index (κ3) is 6.48. The molecule has 8 heteroatoms.